The largest absolute Gasteiger partial charge is 0.353 e. The zero-order valence-corrected chi connectivity index (χ0v) is 14.5. The van der Waals surface area contributed by atoms with Crippen molar-refractivity contribution in [1.29, 1.82) is 0 Å². The molecule has 0 saturated carbocycles. The van der Waals surface area contributed by atoms with Crippen LogP contribution in [0.1, 0.15) is 19.3 Å². The highest BCUT2D eigenvalue weighted by Crippen LogP contribution is 2.25. The lowest BCUT2D eigenvalue weighted by Gasteiger charge is -2.20. The normalized spacial score (nSPS) is 23.6. The first kappa shape index (κ1) is 19.3. The number of nitrogens with zero attached hydrogens (tertiary/aromatic N) is 2. The van der Waals surface area contributed by atoms with Crippen LogP contribution in [0.15, 0.2) is 18.3 Å². The van der Waals surface area contributed by atoms with Crippen molar-refractivity contribution in [3.05, 3.63) is 23.4 Å². The van der Waals surface area contributed by atoms with Crippen molar-refractivity contribution in [3.63, 3.8) is 0 Å². The molecule has 2 fully saturated rings. The van der Waals surface area contributed by atoms with E-state index in [-0.39, 0.29) is 42.8 Å². The van der Waals surface area contributed by atoms with Gasteiger partial charge in [0.15, 0.2) is 0 Å². The Hall–Kier alpha value is -0.750. The smallest absolute Gasteiger partial charge is 0.237 e. The number of carbonyl (C=O) groups excluding carboxylic acids is 1. The van der Waals surface area contributed by atoms with Gasteiger partial charge < -0.3 is 15.5 Å². The number of carbonyl (C=O) groups is 1. The third kappa shape index (κ3) is 4.38. The van der Waals surface area contributed by atoms with Crippen LogP contribution in [-0.4, -0.2) is 42.6 Å². The van der Waals surface area contributed by atoms with Crippen LogP contribution in [0.2, 0.25) is 5.02 Å². The first-order valence-corrected chi connectivity index (χ1v) is 7.51. The fourth-order valence-corrected chi connectivity index (χ4v) is 3.13. The molecule has 2 aliphatic rings. The highest BCUT2D eigenvalue weighted by atomic mass is 35.5. The number of anilines is 1. The van der Waals surface area contributed by atoms with Crippen molar-refractivity contribution < 1.29 is 4.79 Å². The molecule has 0 bridgehead atoms. The molecule has 8 heteroatoms. The van der Waals surface area contributed by atoms with Crippen molar-refractivity contribution in [1.82, 2.24) is 15.6 Å². The third-order valence-corrected chi connectivity index (χ3v) is 4.25. The van der Waals surface area contributed by atoms with E-state index in [0.29, 0.717) is 5.02 Å². The SMILES string of the molecule is Cl.Cl.O=C(NC1CCN(c2ncccc2Cl)C1)C1CCCN1. The van der Waals surface area contributed by atoms with Crippen LogP contribution in [0.25, 0.3) is 0 Å². The van der Waals surface area contributed by atoms with Crippen molar-refractivity contribution in [2.75, 3.05) is 24.5 Å². The molecule has 3 rings (SSSR count). The van der Waals surface area contributed by atoms with Gasteiger partial charge in [-0.2, -0.15) is 0 Å². The molecule has 0 radical (unpaired) electrons. The maximum absolute atomic E-state index is 12.1. The molecule has 0 aliphatic carbocycles. The predicted molar refractivity (Wildman–Crippen MR) is 93.5 cm³/mol. The van der Waals surface area contributed by atoms with Gasteiger partial charge in [0.1, 0.15) is 5.82 Å². The standard InChI is InChI=1S/C14H19ClN4O.2ClH/c15-11-3-1-7-17-13(11)19-8-5-10(9-19)18-14(20)12-4-2-6-16-12;;/h1,3,7,10,12,16H,2,4-6,8-9H2,(H,18,20);2*1H. The second kappa shape index (κ2) is 8.77. The van der Waals surface area contributed by atoms with E-state index in [4.69, 9.17) is 11.6 Å². The minimum absolute atomic E-state index is 0. The Kier molecular flexibility index (Phi) is 7.69. The Labute approximate surface area is 148 Å². The van der Waals surface area contributed by atoms with Gasteiger partial charge in [-0.05, 0) is 37.9 Å². The summed E-state index contributed by atoms with van der Waals surface area (Å²) in [6.45, 7) is 2.59. The molecule has 0 spiro atoms. The van der Waals surface area contributed by atoms with E-state index in [1.165, 1.54) is 0 Å². The van der Waals surface area contributed by atoms with Crippen molar-refractivity contribution >= 4 is 48.1 Å². The van der Waals surface area contributed by atoms with Gasteiger partial charge in [-0.3, -0.25) is 4.79 Å². The van der Waals surface area contributed by atoms with E-state index in [2.05, 4.69) is 20.5 Å². The number of hydrogen-bond donors (Lipinski definition) is 2. The highest BCUT2D eigenvalue weighted by Gasteiger charge is 2.29. The van der Waals surface area contributed by atoms with Crippen LogP contribution in [0.4, 0.5) is 5.82 Å². The third-order valence-electron chi connectivity index (χ3n) is 3.95. The topological polar surface area (TPSA) is 57.3 Å². The summed E-state index contributed by atoms with van der Waals surface area (Å²) >= 11 is 6.16. The fourth-order valence-electron chi connectivity index (χ4n) is 2.89. The van der Waals surface area contributed by atoms with Crippen LogP contribution >= 0.6 is 36.4 Å². The lowest BCUT2D eigenvalue weighted by molar-refractivity contribution is -0.123. The molecule has 1 aromatic heterocycles. The molecule has 5 nitrogen and oxygen atoms in total. The van der Waals surface area contributed by atoms with Gasteiger partial charge >= 0.3 is 0 Å². The Balaban J connectivity index is 0.00000121. The molecule has 2 aliphatic heterocycles. The quantitative estimate of drug-likeness (QED) is 0.858. The van der Waals surface area contributed by atoms with Crippen LogP contribution in [0, 0.1) is 0 Å². The second-order valence-corrected chi connectivity index (χ2v) is 5.81. The van der Waals surface area contributed by atoms with Crippen molar-refractivity contribution in [2.45, 2.75) is 31.3 Å². The number of amides is 1. The molecule has 1 amide bonds. The molecule has 1 aromatic rings. The Bertz CT molecular complexity index is 497. The van der Waals surface area contributed by atoms with E-state index >= 15 is 0 Å². The Morgan fingerprint density at radius 3 is 2.91 bits per heavy atom. The molecule has 2 unspecified atom stereocenters. The summed E-state index contributed by atoms with van der Waals surface area (Å²) in [7, 11) is 0. The molecule has 0 aromatic carbocycles. The number of aromatic nitrogens is 1. The second-order valence-electron chi connectivity index (χ2n) is 5.40. The molecule has 2 saturated heterocycles. The van der Waals surface area contributed by atoms with Crippen molar-refractivity contribution in [2.24, 2.45) is 0 Å². The van der Waals surface area contributed by atoms with Crippen LogP contribution < -0.4 is 15.5 Å². The zero-order chi connectivity index (χ0) is 13.9. The van der Waals surface area contributed by atoms with Gasteiger partial charge in [0.2, 0.25) is 5.91 Å². The summed E-state index contributed by atoms with van der Waals surface area (Å²) in [4.78, 5) is 18.5. The molecule has 2 N–H and O–H groups in total. The van der Waals surface area contributed by atoms with Crippen molar-refractivity contribution in [3.8, 4) is 0 Å². The first-order valence-electron chi connectivity index (χ1n) is 7.13. The van der Waals surface area contributed by atoms with E-state index in [0.717, 1.165) is 44.7 Å². The summed E-state index contributed by atoms with van der Waals surface area (Å²) in [6, 6.07) is 3.84. The van der Waals surface area contributed by atoms with Gasteiger partial charge in [-0.25, -0.2) is 4.98 Å². The van der Waals surface area contributed by atoms with E-state index in [1.807, 2.05) is 12.1 Å². The summed E-state index contributed by atoms with van der Waals surface area (Å²) in [5, 5.41) is 7.01. The van der Waals surface area contributed by atoms with Crippen LogP contribution in [-0.2, 0) is 4.79 Å². The molecule has 124 valence electrons. The number of nitrogens with one attached hydrogen (secondary N) is 2. The first-order chi connectivity index (χ1) is 9.74. The predicted octanol–water partition coefficient (Wildman–Crippen LogP) is 2.03. The molecule has 2 atom stereocenters. The van der Waals surface area contributed by atoms with Crippen LogP contribution in [0.5, 0.6) is 0 Å². The van der Waals surface area contributed by atoms with E-state index in [9.17, 15) is 4.79 Å². The monoisotopic (exact) mass is 366 g/mol. The number of halogens is 3. The Morgan fingerprint density at radius 2 is 2.23 bits per heavy atom. The van der Waals surface area contributed by atoms with Gasteiger partial charge in [-0.1, -0.05) is 11.6 Å². The fraction of sp³-hybridized carbons (Fsp3) is 0.571. The average Bonchev–Trinajstić information content (AvgIpc) is 3.10. The van der Waals surface area contributed by atoms with E-state index < -0.39 is 0 Å². The highest BCUT2D eigenvalue weighted by molar-refractivity contribution is 6.32. The lowest BCUT2D eigenvalue weighted by atomic mass is 10.2. The van der Waals surface area contributed by atoms with Gasteiger partial charge in [0.25, 0.3) is 0 Å². The van der Waals surface area contributed by atoms with Gasteiger partial charge in [-0.15, -0.1) is 24.8 Å². The summed E-state index contributed by atoms with van der Waals surface area (Å²) in [6.07, 6.45) is 4.70. The average molecular weight is 368 g/mol. The molecular formula is C14H21Cl3N4O. The minimum Gasteiger partial charge on any atom is -0.353 e. The number of pyridine rings is 1. The van der Waals surface area contributed by atoms with E-state index in [1.54, 1.807) is 6.20 Å². The van der Waals surface area contributed by atoms with Crippen LogP contribution in [0.3, 0.4) is 0 Å². The zero-order valence-electron chi connectivity index (χ0n) is 12.1. The summed E-state index contributed by atoms with van der Waals surface area (Å²) in [5.74, 6) is 0.936. The summed E-state index contributed by atoms with van der Waals surface area (Å²) < 4.78 is 0. The molecule has 3 heterocycles. The van der Waals surface area contributed by atoms with Gasteiger partial charge in [0, 0.05) is 25.3 Å². The maximum atomic E-state index is 12.1. The number of rotatable bonds is 3. The summed E-state index contributed by atoms with van der Waals surface area (Å²) in [5.41, 5.74) is 0. The Morgan fingerprint density at radius 1 is 1.41 bits per heavy atom. The maximum Gasteiger partial charge on any atom is 0.237 e. The molecule has 22 heavy (non-hydrogen) atoms. The lowest BCUT2D eigenvalue weighted by Crippen LogP contribution is -2.46. The minimum atomic E-state index is -0.0116. The number of hydrogen-bond acceptors (Lipinski definition) is 4. The molecular weight excluding hydrogens is 347 g/mol. The van der Waals surface area contributed by atoms with Gasteiger partial charge in [0.05, 0.1) is 11.1 Å².